The first-order valence-electron chi connectivity index (χ1n) is 6.58. The first-order valence-corrected chi connectivity index (χ1v) is 7.66. The Morgan fingerprint density at radius 3 is 2.48 bits per heavy atom. The number of ketones is 1. The first-order chi connectivity index (χ1) is 10.2. The van der Waals surface area contributed by atoms with E-state index < -0.39 is 5.92 Å². The maximum atomic E-state index is 12.5. The van der Waals surface area contributed by atoms with E-state index in [1.807, 2.05) is 25.1 Å². The van der Waals surface area contributed by atoms with Gasteiger partial charge >= 0.3 is 0 Å². The second-order valence-corrected chi connectivity index (χ2v) is 5.57. The van der Waals surface area contributed by atoms with E-state index in [1.54, 1.807) is 30.3 Å². The Kier molecular flexibility index (Phi) is 5.34. The Balaban J connectivity index is 2.30. The minimum Gasteiger partial charge on any atom is -0.494 e. The van der Waals surface area contributed by atoms with Crippen molar-refractivity contribution in [3.8, 4) is 11.8 Å². The number of carbonyl (C=O) groups excluding carboxylic acids is 1. The minimum absolute atomic E-state index is 0.174. The van der Waals surface area contributed by atoms with Gasteiger partial charge in [-0.1, -0.05) is 30.3 Å². The van der Waals surface area contributed by atoms with Crippen molar-refractivity contribution in [2.75, 3.05) is 6.61 Å². The van der Waals surface area contributed by atoms with E-state index in [2.05, 4.69) is 28.7 Å². The van der Waals surface area contributed by atoms with Gasteiger partial charge in [0.25, 0.3) is 0 Å². The third kappa shape index (κ3) is 3.61. The van der Waals surface area contributed by atoms with Gasteiger partial charge in [-0.2, -0.15) is 5.26 Å². The van der Waals surface area contributed by atoms with Crippen LogP contribution in [0.15, 0.2) is 48.5 Å². The molecule has 1 atom stereocenters. The standard InChI is InChI=1S/C17H14INO2/c1-2-21-13-9-7-12(8-10-13)15(11-19)17(20)14-5-3-4-6-16(14)18/h3-10,15H,2H2,1H3. The van der Waals surface area contributed by atoms with Gasteiger partial charge in [-0.05, 0) is 53.3 Å². The van der Waals surface area contributed by atoms with Gasteiger partial charge in [-0.3, -0.25) is 4.79 Å². The van der Waals surface area contributed by atoms with Crippen molar-refractivity contribution in [3.05, 3.63) is 63.2 Å². The summed E-state index contributed by atoms with van der Waals surface area (Å²) in [5, 5.41) is 9.37. The molecule has 1 unspecified atom stereocenters. The quantitative estimate of drug-likeness (QED) is 0.568. The van der Waals surface area contributed by atoms with Crippen molar-refractivity contribution in [2.45, 2.75) is 12.8 Å². The van der Waals surface area contributed by atoms with Crippen molar-refractivity contribution in [3.63, 3.8) is 0 Å². The average Bonchev–Trinajstić information content (AvgIpc) is 2.50. The van der Waals surface area contributed by atoms with Gasteiger partial charge in [0.2, 0.25) is 0 Å². The molecule has 2 aromatic rings. The van der Waals surface area contributed by atoms with Gasteiger partial charge in [-0.25, -0.2) is 0 Å². The molecular weight excluding hydrogens is 377 g/mol. The van der Waals surface area contributed by atoms with Crippen LogP contribution >= 0.6 is 22.6 Å². The summed E-state index contributed by atoms with van der Waals surface area (Å²) >= 11 is 2.11. The molecule has 0 aromatic heterocycles. The molecule has 106 valence electrons. The molecule has 0 radical (unpaired) electrons. The molecule has 2 rings (SSSR count). The number of ether oxygens (including phenoxy) is 1. The van der Waals surface area contributed by atoms with Crippen molar-refractivity contribution >= 4 is 28.4 Å². The summed E-state index contributed by atoms with van der Waals surface area (Å²) in [5.74, 6) is -0.233. The molecule has 0 aliphatic carbocycles. The Hall–Kier alpha value is -1.87. The van der Waals surface area contributed by atoms with Crippen molar-refractivity contribution < 1.29 is 9.53 Å². The van der Waals surface area contributed by atoms with Crippen LogP contribution in [0.3, 0.4) is 0 Å². The number of hydrogen-bond acceptors (Lipinski definition) is 3. The lowest BCUT2D eigenvalue weighted by Gasteiger charge is -2.11. The smallest absolute Gasteiger partial charge is 0.185 e. The molecule has 0 heterocycles. The number of hydrogen-bond donors (Lipinski definition) is 0. The number of halogens is 1. The highest BCUT2D eigenvalue weighted by Crippen LogP contribution is 2.25. The van der Waals surface area contributed by atoms with Gasteiger partial charge in [0, 0.05) is 9.13 Å². The molecule has 21 heavy (non-hydrogen) atoms. The molecule has 4 heteroatoms. The van der Waals surface area contributed by atoms with Crippen molar-refractivity contribution in [1.82, 2.24) is 0 Å². The second kappa shape index (κ2) is 7.23. The summed E-state index contributed by atoms with van der Waals surface area (Å²) in [6.45, 7) is 2.50. The van der Waals surface area contributed by atoms with E-state index in [4.69, 9.17) is 4.74 Å². The normalized spacial score (nSPS) is 11.5. The lowest BCUT2D eigenvalue weighted by atomic mass is 9.92. The Morgan fingerprint density at radius 2 is 1.90 bits per heavy atom. The van der Waals surface area contributed by atoms with Gasteiger partial charge in [0.15, 0.2) is 5.78 Å². The molecular formula is C17H14INO2. The van der Waals surface area contributed by atoms with E-state index >= 15 is 0 Å². The van der Waals surface area contributed by atoms with E-state index in [9.17, 15) is 10.1 Å². The van der Waals surface area contributed by atoms with Crippen molar-refractivity contribution in [1.29, 1.82) is 5.26 Å². The number of nitriles is 1. The monoisotopic (exact) mass is 391 g/mol. The summed E-state index contributed by atoms with van der Waals surface area (Å²) in [4.78, 5) is 12.5. The zero-order chi connectivity index (χ0) is 15.2. The van der Waals surface area contributed by atoms with E-state index in [0.29, 0.717) is 17.7 Å². The van der Waals surface area contributed by atoms with Crippen LogP contribution < -0.4 is 4.74 Å². The topological polar surface area (TPSA) is 50.1 Å². The van der Waals surface area contributed by atoms with Crippen LogP contribution in [0.25, 0.3) is 0 Å². The third-order valence-corrected chi connectivity index (χ3v) is 4.00. The summed E-state index contributed by atoms with van der Waals surface area (Å²) in [5.41, 5.74) is 1.27. The summed E-state index contributed by atoms with van der Waals surface area (Å²) in [6, 6.07) is 16.5. The lowest BCUT2D eigenvalue weighted by molar-refractivity contribution is 0.0978. The maximum absolute atomic E-state index is 12.5. The fraction of sp³-hybridized carbons (Fsp3) is 0.176. The molecule has 3 nitrogen and oxygen atoms in total. The largest absolute Gasteiger partial charge is 0.494 e. The number of carbonyl (C=O) groups is 1. The fourth-order valence-electron chi connectivity index (χ4n) is 2.02. The highest BCUT2D eigenvalue weighted by molar-refractivity contribution is 14.1. The van der Waals surface area contributed by atoms with Crippen LogP contribution in [0, 0.1) is 14.9 Å². The van der Waals surface area contributed by atoms with Gasteiger partial charge < -0.3 is 4.74 Å². The highest BCUT2D eigenvalue weighted by atomic mass is 127. The Labute approximate surface area is 137 Å². The Bertz CT molecular complexity index is 674. The number of nitrogens with zero attached hydrogens (tertiary/aromatic N) is 1. The van der Waals surface area contributed by atoms with E-state index in [-0.39, 0.29) is 5.78 Å². The van der Waals surface area contributed by atoms with Gasteiger partial charge in [0.1, 0.15) is 11.7 Å². The molecule has 0 bridgehead atoms. The summed E-state index contributed by atoms with van der Waals surface area (Å²) in [6.07, 6.45) is 0. The molecule has 0 spiro atoms. The van der Waals surface area contributed by atoms with Crippen LogP contribution in [-0.2, 0) is 0 Å². The minimum atomic E-state index is -0.795. The average molecular weight is 391 g/mol. The Morgan fingerprint density at radius 1 is 1.24 bits per heavy atom. The molecule has 0 aliphatic rings. The zero-order valence-corrected chi connectivity index (χ0v) is 13.7. The van der Waals surface area contributed by atoms with Crippen LogP contribution in [-0.4, -0.2) is 12.4 Å². The molecule has 2 aromatic carbocycles. The number of rotatable bonds is 5. The molecule has 0 N–H and O–H groups in total. The lowest BCUT2D eigenvalue weighted by Crippen LogP contribution is -2.12. The first kappa shape index (κ1) is 15.5. The van der Waals surface area contributed by atoms with E-state index in [0.717, 1.165) is 9.32 Å². The second-order valence-electron chi connectivity index (χ2n) is 4.41. The fourth-order valence-corrected chi connectivity index (χ4v) is 2.68. The number of benzene rings is 2. The number of Topliss-reactive ketones (excluding diaryl/α,β-unsaturated/α-hetero) is 1. The molecule has 0 saturated carbocycles. The van der Waals surface area contributed by atoms with E-state index in [1.165, 1.54) is 0 Å². The van der Waals surface area contributed by atoms with Crippen molar-refractivity contribution in [2.24, 2.45) is 0 Å². The molecule has 0 aliphatic heterocycles. The molecule has 0 amide bonds. The zero-order valence-electron chi connectivity index (χ0n) is 11.5. The summed E-state index contributed by atoms with van der Waals surface area (Å²) in [7, 11) is 0. The summed E-state index contributed by atoms with van der Waals surface area (Å²) < 4.78 is 6.22. The van der Waals surface area contributed by atoms with Crippen LogP contribution in [0.4, 0.5) is 0 Å². The van der Waals surface area contributed by atoms with Gasteiger partial charge in [0.05, 0.1) is 12.7 Å². The highest BCUT2D eigenvalue weighted by Gasteiger charge is 2.23. The van der Waals surface area contributed by atoms with Crippen LogP contribution in [0.2, 0.25) is 0 Å². The SMILES string of the molecule is CCOc1ccc(C(C#N)C(=O)c2ccccc2I)cc1. The molecule has 0 saturated heterocycles. The maximum Gasteiger partial charge on any atom is 0.185 e. The van der Waals surface area contributed by atoms with Crippen LogP contribution in [0.1, 0.15) is 28.8 Å². The predicted molar refractivity (Wildman–Crippen MR) is 89.5 cm³/mol. The third-order valence-electron chi connectivity index (χ3n) is 3.06. The van der Waals surface area contributed by atoms with Crippen LogP contribution in [0.5, 0.6) is 5.75 Å². The molecule has 0 fully saturated rings. The van der Waals surface area contributed by atoms with Gasteiger partial charge in [-0.15, -0.1) is 0 Å². The predicted octanol–water partition coefficient (Wildman–Crippen LogP) is 4.18.